The molecule has 8 heteroatoms. The molecule has 0 spiro atoms. The van der Waals surface area contributed by atoms with Crippen molar-refractivity contribution in [2.24, 2.45) is 5.73 Å². The van der Waals surface area contributed by atoms with Gasteiger partial charge >= 0.3 is 5.97 Å². The summed E-state index contributed by atoms with van der Waals surface area (Å²) in [6.07, 6.45) is -0.457. The van der Waals surface area contributed by atoms with E-state index in [-0.39, 0.29) is 31.6 Å². The van der Waals surface area contributed by atoms with Crippen molar-refractivity contribution in [1.82, 2.24) is 5.32 Å². The average Bonchev–Trinajstić information content (AvgIpc) is 2.77. The highest BCUT2D eigenvalue weighted by molar-refractivity contribution is 14.1. The van der Waals surface area contributed by atoms with Gasteiger partial charge in [-0.25, -0.2) is 13.2 Å². The molecule has 0 saturated carbocycles. The second-order valence-electron chi connectivity index (χ2n) is 8.03. The first-order valence-corrected chi connectivity index (χ1v) is 12.0. The predicted molar refractivity (Wildman–Crippen MR) is 134 cm³/mol. The van der Waals surface area contributed by atoms with Gasteiger partial charge in [0, 0.05) is 35.2 Å². The Hall–Kier alpha value is -2.43. The number of hydrogen-bond acceptors (Lipinski definition) is 4. The number of esters is 1. The minimum absolute atomic E-state index is 0.0182. The van der Waals surface area contributed by atoms with Crippen LogP contribution in [-0.4, -0.2) is 24.7 Å². The quantitative estimate of drug-likeness (QED) is 0.249. The molecule has 0 heterocycles. The van der Waals surface area contributed by atoms with Crippen molar-refractivity contribution in [3.63, 3.8) is 0 Å². The highest BCUT2D eigenvalue weighted by Crippen LogP contribution is 2.14. The Bertz CT molecular complexity index is 1090. The number of ether oxygens (including phenoxy) is 1. The van der Waals surface area contributed by atoms with Gasteiger partial charge in [0.15, 0.2) is 0 Å². The Balaban J connectivity index is 1.64. The van der Waals surface area contributed by atoms with E-state index in [1.54, 1.807) is 18.2 Å². The zero-order chi connectivity index (χ0) is 24.5. The Kier molecular flexibility index (Phi) is 9.91. The van der Waals surface area contributed by atoms with Gasteiger partial charge in [0.1, 0.15) is 23.6 Å². The van der Waals surface area contributed by atoms with Gasteiger partial charge in [0.2, 0.25) is 0 Å². The molecule has 3 N–H and O–H groups in total. The molecule has 3 aromatic rings. The van der Waals surface area contributed by atoms with E-state index in [2.05, 4.69) is 27.9 Å². The summed E-state index contributed by atoms with van der Waals surface area (Å²) in [6, 6.07) is 16.7. The van der Waals surface area contributed by atoms with Crippen molar-refractivity contribution in [2.75, 3.05) is 6.54 Å². The number of nitrogens with one attached hydrogen (secondary N) is 1. The molecule has 3 rings (SSSR count). The first kappa shape index (κ1) is 26.2. The fraction of sp³-hybridized carbons (Fsp3) is 0.269. The molecule has 3 aromatic carbocycles. The van der Waals surface area contributed by atoms with Crippen LogP contribution in [0.15, 0.2) is 66.7 Å². The minimum Gasteiger partial charge on any atom is -0.459 e. The van der Waals surface area contributed by atoms with Crippen molar-refractivity contribution >= 4 is 28.6 Å². The van der Waals surface area contributed by atoms with E-state index in [0.29, 0.717) is 17.7 Å². The summed E-state index contributed by atoms with van der Waals surface area (Å²) in [5.74, 6) is -2.30. The largest absolute Gasteiger partial charge is 0.459 e. The van der Waals surface area contributed by atoms with Crippen LogP contribution in [0.5, 0.6) is 0 Å². The predicted octanol–water partition coefficient (Wildman–Crippen LogP) is 4.91. The minimum atomic E-state index is -0.748. The summed E-state index contributed by atoms with van der Waals surface area (Å²) in [4.78, 5) is 12.5. The molecular weight excluding hydrogens is 556 g/mol. The second-order valence-corrected chi connectivity index (χ2v) is 9.27. The van der Waals surface area contributed by atoms with Gasteiger partial charge in [0.25, 0.3) is 0 Å². The molecule has 4 nitrogen and oxygen atoms in total. The third-order valence-electron chi connectivity index (χ3n) is 5.27. The molecule has 0 aromatic heterocycles. The smallest absolute Gasteiger partial charge is 0.306 e. The van der Waals surface area contributed by atoms with E-state index in [1.807, 2.05) is 24.3 Å². The standard InChI is InChI=1S/C26H26F3IN2O2/c27-20-10-18(11-21(28)14-20)13-24(31)25(16-32-15-17-4-3-6-22(30)12-17)34-26(33)9-8-19-5-1-2-7-23(19)29/h1-7,10-12,14,24-25,32H,8-9,13,15-16,31H2/t24-,25+/m0/s1. The van der Waals surface area contributed by atoms with E-state index in [0.717, 1.165) is 15.2 Å². The van der Waals surface area contributed by atoms with E-state index < -0.39 is 29.7 Å². The molecule has 0 fully saturated rings. The van der Waals surface area contributed by atoms with E-state index in [4.69, 9.17) is 10.5 Å². The van der Waals surface area contributed by atoms with Crippen molar-refractivity contribution < 1.29 is 22.7 Å². The zero-order valence-corrected chi connectivity index (χ0v) is 20.6. The van der Waals surface area contributed by atoms with Gasteiger partial charge in [-0.05, 0) is 82.5 Å². The lowest BCUT2D eigenvalue weighted by atomic mass is 10.0. The molecule has 0 saturated heterocycles. The Morgan fingerprint density at radius 2 is 1.71 bits per heavy atom. The van der Waals surface area contributed by atoms with Crippen molar-refractivity contribution in [2.45, 2.75) is 38.0 Å². The molecule has 0 amide bonds. The van der Waals surface area contributed by atoms with Crippen LogP contribution in [0.2, 0.25) is 0 Å². The SMILES string of the molecule is N[C@@H](Cc1cc(F)cc(F)c1)[C@@H](CNCc1cccc(I)c1)OC(=O)CCc1ccccc1F. The van der Waals surface area contributed by atoms with Crippen LogP contribution in [0.4, 0.5) is 13.2 Å². The Morgan fingerprint density at radius 1 is 0.971 bits per heavy atom. The molecule has 0 aliphatic heterocycles. The molecule has 0 aliphatic carbocycles. The first-order chi connectivity index (χ1) is 16.3. The van der Waals surface area contributed by atoms with Crippen LogP contribution in [0, 0.1) is 21.0 Å². The Morgan fingerprint density at radius 3 is 2.41 bits per heavy atom. The Labute approximate surface area is 210 Å². The number of carbonyl (C=O) groups excluding carboxylic acids is 1. The second kappa shape index (κ2) is 12.9. The highest BCUT2D eigenvalue weighted by Gasteiger charge is 2.23. The van der Waals surface area contributed by atoms with Crippen LogP contribution >= 0.6 is 22.6 Å². The van der Waals surface area contributed by atoms with E-state index in [1.165, 1.54) is 18.2 Å². The van der Waals surface area contributed by atoms with Crippen molar-refractivity contribution in [3.8, 4) is 0 Å². The van der Waals surface area contributed by atoms with Gasteiger partial charge in [-0.1, -0.05) is 30.3 Å². The number of benzene rings is 3. The number of carbonyl (C=O) groups is 1. The summed E-state index contributed by atoms with van der Waals surface area (Å²) >= 11 is 2.23. The number of halogens is 4. The topological polar surface area (TPSA) is 64.3 Å². The van der Waals surface area contributed by atoms with Crippen LogP contribution in [-0.2, 0) is 28.9 Å². The number of rotatable bonds is 11. The lowest BCUT2D eigenvalue weighted by molar-refractivity contribution is -0.149. The molecule has 0 aliphatic rings. The fourth-order valence-corrected chi connectivity index (χ4v) is 4.19. The van der Waals surface area contributed by atoms with Gasteiger partial charge in [-0.15, -0.1) is 0 Å². The molecule has 2 atom stereocenters. The number of aryl methyl sites for hydroxylation is 1. The van der Waals surface area contributed by atoms with Crippen molar-refractivity contribution in [1.29, 1.82) is 0 Å². The summed E-state index contributed by atoms with van der Waals surface area (Å²) < 4.78 is 47.8. The zero-order valence-electron chi connectivity index (χ0n) is 18.4. The monoisotopic (exact) mass is 582 g/mol. The van der Waals surface area contributed by atoms with Gasteiger partial charge in [-0.3, -0.25) is 4.79 Å². The maximum Gasteiger partial charge on any atom is 0.306 e. The maximum absolute atomic E-state index is 13.9. The van der Waals surface area contributed by atoms with Crippen LogP contribution in [0.1, 0.15) is 23.1 Å². The van der Waals surface area contributed by atoms with Crippen LogP contribution < -0.4 is 11.1 Å². The first-order valence-electron chi connectivity index (χ1n) is 10.9. The van der Waals surface area contributed by atoms with Gasteiger partial charge in [0.05, 0.1) is 0 Å². The van der Waals surface area contributed by atoms with Crippen LogP contribution in [0.25, 0.3) is 0 Å². The van der Waals surface area contributed by atoms with Gasteiger partial charge < -0.3 is 15.8 Å². The fourth-order valence-electron chi connectivity index (χ4n) is 3.58. The van der Waals surface area contributed by atoms with Gasteiger partial charge in [-0.2, -0.15) is 0 Å². The summed E-state index contributed by atoms with van der Waals surface area (Å²) in [5.41, 5.74) is 8.16. The lowest BCUT2D eigenvalue weighted by Crippen LogP contribution is -2.46. The molecule has 34 heavy (non-hydrogen) atoms. The third kappa shape index (κ3) is 8.41. The molecular formula is C26H26F3IN2O2. The van der Waals surface area contributed by atoms with E-state index in [9.17, 15) is 18.0 Å². The van der Waals surface area contributed by atoms with Crippen LogP contribution in [0.3, 0.4) is 0 Å². The normalized spacial score (nSPS) is 12.9. The third-order valence-corrected chi connectivity index (χ3v) is 5.95. The molecule has 180 valence electrons. The number of nitrogens with two attached hydrogens (primary N) is 1. The average molecular weight is 582 g/mol. The maximum atomic E-state index is 13.9. The highest BCUT2D eigenvalue weighted by atomic mass is 127. The van der Waals surface area contributed by atoms with Crippen molar-refractivity contribution in [3.05, 3.63) is 104 Å². The summed E-state index contributed by atoms with van der Waals surface area (Å²) in [5, 5.41) is 3.24. The molecule has 0 radical (unpaired) electrons. The molecule has 0 unspecified atom stereocenters. The summed E-state index contributed by atoms with van der Waals surface area (Å²) in [7, 11) is 0. The lowest BCUT2D eigenvalue weighted by Gasteiger charge is -2.25. The molecule has 0 bridgehead atoms. The summed E-state index contributed by atoms with van der Waals surface area (Å²) in [6.45, 7) is 0.775. The van der Waals surface area contributed by atoms with E-state index >= 15 is 0 Å². The number of hydrogen-bond donors (Lipinski definition) is 2.